The summed E-state index contributed by atoms with van der Waals surface area (Å²) >= 11 is 0. The molecule has 0 amide bonds. The molecule has 3 nitrogen and oxygen atoms in total. The van der Waals surface area contributed by atoms with Crippen molar-refractivity contribution in [3.05, 3.63) is 23.4 Å². The van der Waals surface area contributed by atoms with Crippen LogP contribution in [0.5, 0.6) is 0 Å². The number of rotatable bonds is 6. The molecule has 1 unspecified atom stereocenters. The summed E-state index contributed by atoms with van der Waals surface area (Å²) in [4.78, 5) is 7.24. The van der Waals surface area contributed by atoms with Gasteiger partial charge in [-0.2, -0.15) is 0 Å². The van der Waals surface area contributed by atoms with Gasteiger partial charge in [-0.15, -0.1) is 0 Å². The van der Waals surface area contributed by atoms with Crippen molar-refractivity contribution < 1.29 is 0 Å². The second-order valence-electron chi connectivity index (χ2n) is 6.08. The molecule has 1 heterocycles. The molecule has 1 saturated carbocycles. The minimum atomic E-state index is 0.249. The van der Waals surface area contributed by atoms with Crippen LogP contribution in [0.3, 0.4) is 0 Å². The van der Waals surface area contributed by atoms with Crippen LogP contribution in [0.25, 0.3) is 0 Å². The largest absolute Gasteiger partial charge is 0.354 e. The molecule has 1 aliphatic rings. The summed E-state index contributed by atoms with van der Waals surface area (Å²) in [5.41, 5.74) is 8.60. The molecule has 1 aromatic rings. The van der Waals surface area contributed by atoms with Crippen LogP contribution in [0.15, 0.2) is 12.3 Å². The lowest BCUT2D eigenvalue weighted by Crippen LogP contribution is -2.34. The molecule has 0 saturated heterocycles. The maximum absolute atomic E-state index is 6.04. The Morgan fingerprint density at radius 1 is 1.35 bits per heavy atom. The Labute approximate surface area is 123 Å². The summed E-state index contributed by atoms with van der Waals surface area (Å²) in [7, 11) is 0. The SMILES string of the molecule is CCC(N)Cc1cnc(N(CC)C2CCCC2)c(C)c1. The Morgan fingerprint density at radius 3 is 2.60 bits per heavy atom. The molecule has 0 spiro atoms. The number of hydrogen-bond acceptors (Lipinski definition) is 3. The topological polar surface area (TPSA) is 42.1 Å². The molecule has 20 heavy (non-hydrogen) atoms. The smallest absolute Gasteiger partial charge is 0.131 e. The molecule has 2 rings (SSSR count). The van der Waals surface area contributed by atoms with E-state index >= 15 is 0 Å². The Hall–Kier alpha value is -1.09. The van der Waals surface area contributed by atoms with E-state index in [1.807, 2.05) is 6.20 Å². The highest BCUT2D eigenvalue weighted by molar-refractivity contribution is 5.48. The molecule has 2 N–H and O–H groups in total. The summed E-state index contributed by atoms with van der Waals surface area (Å²) in [6.45, 7) is 7.60. The van der Waals surface area contributed by atoms with Crippen LogP contribution < -0.4 is 10.6 Å². The zero-order valence-electron chi connectivity index (χ0n) is 13.2. The molecule has 0 bridgehead atoms. The number of aromatic nitrogens is 1. The van der Waals surface area contributed by atoms with Crippen molar-refractivity contribution in [2.45, 2.75) is 71.4 Å². The van der Waals surface area contributed by atoms with Gasteiger partial charge in [0.15, 0.2) is 0 Å². The van der Waals surface area contributed by atoms with Crippen LogP contribution in [0.2, 0.25) is 0 Å². The van der Waals surface area contributed by atoms with Crippen molar-refractivity contribution in [3.8, 4) is 0 Å². The Kier molecular flexibility index (Phi) is 5.41. The molecule has 1 aromatic heterocycles. The maximum atomic E-state index is 6.04. The van der Waals surface area contributed by atoms with Crippen LogP contribution in [0, 0.1) is 6.92 Å². The zero-order valence-corrected chi connectivity index (χ0v) is 13.2. The number of anilines is 1. The fourth-order valence-electron chi connectivity index (χ4n) is 3.28. The van der Waals surface area contributed by atoms with Gasteiger partial charge in [0.1, 0.15) is 5.82 Å². The van der Waals surface area contributed by atoms with Crippen molar-refractivity contribution in [1.82, 2.24) is 4.98 Å². The van der Waals surface area contributed by atoms with Crippen molar-refractivity contribution in [3.63, 3.8) is 0 Å². The predicted molar refractivity (Wildman–Crippen MR) is 86.2 cm³/mol. The van der Waals surface area contributed by atoms with E-state index in [-0.39, 0.29) is 6.04 Å². The van der Waals surface area contributed by atoms with E-state index in [9.17, 15) is 0 Å². The van der Waals surface area contributed by atoms with Gasteiger partial charge in [-0.25, -0.2) is 4.98 Å². The van der Waals surface area contributed by atoms with E-state index in [4.69, 9.17) is 10.7 Å². The molecule has 1 fully saturated rings. The summed E-state index contributed by atoms with van der Waals surface area (Å²) in [6, 6.07) is 3.21. The molecule has 3 heteroatoms. The highest BCUT2D eigenvalue weighted by atomic mass is 15.2. The zero-order chi connectivity index (χ0) is 14.5. The Balaban J connectivity index is 2.15. The van der Waals surface area contributed by atoms with E-state index in [1.54, 1.807) is 0 Å². The number of pyridine rings is 1. The van der Waals surface area contributed by atoms with Crippen molar-refractivity contribution in [2.24, 2.45) is 5.73 Å². The van der Waals surface area contributed by atoms with E-state index in [2.05, 4.69) is 31.7 Å². The van der Waals surface area contributed by atoms with Crippen molar-refractivity contribution >= 4 is 5.82 Å². The molecular formula is C17H29N3. The monoisotopic (exact) mass is 275 g/mol. The van der Waals surface area contributed by atoms with Crippen LogP contribution in [0.4, 0.5) is 5.82 Å². The first-order chi connectivity index (χ1) is 9.65. The fraction of sp³-hybridized carbons (Fsp3) is 0.706. The Bertz CT molecular complexity index is 424. The lowest BCUT2D eigenvalue weighted by atomic mass is 10.0. The number of nitrogens with two attached hydrogens (primary N) is 1. The van der Waals surface area contributed by atoms with Crippen LogP contribution in [-0.2, 0) is 6.42 Å². The van der Waals surface area contributed by atoms with Crippen molar-refractivity contribution in [1.29, 1.82) is 0 Å². The Morgan fingerprint density at radius 2 is 2.05 bits per heavy atom. The third kappa shape index (κ3) is 3.51. The van der Waals surface area contributed by atoms with Gasteiger partial charge >= 0.3 is 0 Å². The lowest BCUT2D eigenvalue weighted by molar-refractivity contribution is 0.610. The highest BCUT2D eigenvalue weighted by Crippen LogP contribution is 2.29. The molecule has 0 aliphatic heterocycles. The van der Waals surface area contributed by atoms with Gasteiger partial charge in [0.2, 0.25) is 0 Å². The van der Waals surface area contributed by atoms with Gasteiger partial charge in [0, 0.05) is 24.8 Å². The van der Waals surface area contributed by atoms with Gasteiger partial charge in [-0.05, 0) is 50.7 Å². The molecule has 0 aromatic carbocycles. The first kappa shape index (κ1) is 15.3. The minimum absolute atomic E-state index is 0.249. The predicted octanol–water partition coefficient (Wildman–Crippen LogP) is 3.44. The third-order valence-electron chi connectivity index (χ3n) is 4.51. The van der Waals surface area contributed by atoms with Gasteiger partial charge < -0.3 is 10.6 Å². The molecule has 1 aliphatic carbocycles. The van der Waals surface area contributed by atoms with Gasteiger partial charge in [-0.3, -0.25) is 0 Å². The quantitative estimate of drug-likeness (QED) is 0.864. The van der Waals surface area contributed by atoms with E-state index in [1.165, 1.54) is 42.6 Å². The summed E-state index contributed by atoms with van der Waals surface area (Å²) < 4.78 is 0. The molecule has 1 atom stereocenters. The van der Waals surface area contributed by atoms with E-state index in [0.717, 1.165) is 19.4 Å². The first-order valence-corrected chi connectivity index (χ1v) is 8.13. The summed E-state index contributed by atoms with van der Waals surface area (Å²) in [5.74, 6) is 1.17. The molecule has 0 radical (unpaired) electrons. The van der Waals surface area contributed by atoms with Gasteiger partial charge in [0.05, 0.1) is 0 Å². The second-order valence-corrected chi connectivity index (χ2v) is 6.08. The average molecular weight is 275 g/mol. The average Bonchev–Trinajstić information content (AvgIpc) is 2.96. The lowest BCUT2D eigenvalue weighted by Gasteiger charge is -2.30. The fourth-order valence-corrected chi connectivity index (χ4v) is 3.28. The third-order valence-corrected chi connectivity index (χ3v) is 4.51. The van der Waals surface area contributed by atoms with E-state index < -0.39 is 0 Å². The molecular weight excluding hydrogens is 246 g/mol. The van der Waals surface area contributed by atoms with Crippen LogP contribution in [0.1, 0.15) is 57.1 Å². The number of hydrogen-bond donors (Lipinski definition) is 1. The second kappa shape index (κ2) is 7.07. The minimum Gasteiger partial charge on any atom is -0.354 e. The van der Waals surface area contributed by atoms with Crippen LogP contribution in [-0.4, -0.2) is 23.6 Å². The van der Waals surface area contributed by atoms with Gasteiger partial charge in [0.25, 0.3) is 0 Å². The maximum Gasteiger partial charge on any atom is 0.131 e. The molecule has 112 valence electrons. The van der Waals surface area contributed by atoms with E-state index in [0.29, 0.717) is 6.04 Å². The first-order valence-electron chi connectivity index (χ1n) is 8.13. The van der Waals surface area contributed by atoms with Crippen LogP contribution >= 0.6 is 0 Å². The normalized spacial score (nSPS) is 17.4. The summed E-state index contributed by atoms with van der Waals surface area (Å²) in [6.07, 6.45) is 9.34. The highest BCUT2D eigenvalue weighted by Gasteiger charge is 2.23. The standard InChI is InChI=1S/C17H29N3/c1-4-15(18)11-14-10-13(3)17(19-12-14)20(5-2)16-8-6-7-9-16/h10,12,15-16H,4-9,11,18H2,1-3H3. The summed E-state index contributed by atoms with van der Waals surface area (Å²) in [5, 5.41) is 0. The number of nitrogens with zero attached hydrogens (tertiary/aromatic N) is 2. The number of aryl methyl sites for hydroxylation is 1. The van der Waals surface area contributed by atoms with Gasteiger partial charge in [-0.1, -0.05) is 25.8 Å². The van der Waals surface area contributed by atoms with Crippen molar-refractivity contribution in [2.75, 3.05) is 11.4 Å².